The van der Waals surface area contributed by atoms with E-state index in [1.54, 1.807) is 13.2 Å². The maximum absolute atomic E-state index is 12.7. The third kappa shape index (κ3) is 6.92. The van der Waals surface area contributed by atoms with Crippen molar-refractivity contribution in [3.05, 3.63) is 59.1 Å². The highest BCUT2D eigenvalue weighted by molar-refractivity contribution is 6.30. The van der Waals surface area contributed by atoms with Crippen molar-refractivity contribution in [1.29, 1.82) is 0 Å². The lowest BCUT2D eigenvalue weighted by Gasteiger charge is -2.22. The molecule has 5 nitrogen and oxygen atoms in total. The number of ether oxygens (including phenoxy) is 1. The van der Waals surface area contributed by atoms with Gasteiger partial charge in [-0.05, 0) is 56.1 Å². The molecule has 2 aromatic rings. The highest BCUT2D eigenvalue weighted by Crippen LogP contribution is 2.27. The summed E-state index contributed by atoms with van der Waals surface area (Å²) >= 11 is 6.06. The summed E-state index contributed by atoms with van der Waals surface area (Å²) in [7, 11) is 1.63. The quantitative estimate of drug-likeness (QED) is 0.644. The third-order valence-corrected chi connectivity index (χ3v) is 5.77. The monoisotopic (exact) mass is 429 g/mol. The Labute approximate surface area is 185 Å². The number of halogens is 1. The Morgan fingerprint density at radius 1 is 1.10 bits per heavy atom. The van der Waals surface area contributed by atoms with E-state index >= 15 is 0 Å². The van der Waals surface area contributed by atoms with Crippen molar-refractivity contribution < 1.29 is 9.53 Å². The van der Waals surface area contributed by atoms with Gasteiger partial charge in [-0.2, -0.15) is 0 Å². The lowest BCUT2D eigenvalue weighted by molar-refractivity contribution is -0.130. The summed E-state index contributed by atoms with van der Waals surface area (Å²) < 4.78 is 5.34. The highest BCUT2D eigenvalue weighted by Gasteiger charge is 2.18. The summed E-state index contributed by atoms with van der Waals surface area (Å²) in [6.07, 6.45) is 3.76. The molecule has 0 unspecified atom stereocenters. The van der Waals surface area contributed by atoms with Crippen LogP contribution in [0.15, 0.2) is 48.5 Å². The van der Waals surface area contributed by atoms with E-state index in [1.165, 1.54) is 5.56 Å². The van der Waals surface area contributed by atoms with E-state index in [0.717, 1.165) is 63.4 Å². The molecule has 1 aliphatic heterocycles. The molecule has 1 aliphatic rings. The maximum Gasteiger partial charge on any atom is 0.224 e. The van der Waals surface area contributed by atoms with Crippen LogP contribution in [0, 0.1) is 0 Å². The number of carbonyl (C=O) groups excluding carboxylic acids is 1. The van der Waals surface area contributed by atoms with Crippen LogP contribution >= 0.6 is 11.6 Å². The van der Waals surface area contributed by atoms with Gasteiger partial charge in [0, 0.05) is 37.6 Å². The van der Waals surface area contributed by atoms with E-state index in [-0.39, 0.29) is 5.91 Å². The second-order valence-corrected chi connectivity index (χ2v) is 8.12. The van der Waals surface area contributed by atoms with Gasteiger partial charge in [0.1, 0.15) is 5.75 Å². The average Bonchev–Trinajstić information content (AvgIpc) is 3.00. The fourth-order valence-electron chi connectivity index (χ4n) is 3.88. The second kappa shape index (κ2) is 11.8. The maximum atomic E-state index is 12.7. The van der Waals surface area contributed by atoms with Gasteiger partial charge in [0.25, 0.3) is 0 Å². The lowest BCUT2D eigenvalue weighted by atomic mass is 10.1. The van der Waals surface area contributed by atoms with Crippen molar-refractivity contribution in [2.75, 3.05) is 51.7 Å². The molecule has 1 amide bonds. The van der Waals surface area contributed by atoms with Crippen LogP contribution in [-0.4, -0.2) is 62.1 Å². The summed E-state index contributed by atoms with van der Waals surface area (Å²) in [4.78, 5) is 17.2. The van der Waals surface area contributed by atoms with Gasteiger partial charge < -0.3 is 19.9 Å². The van der Waals surface area contributed by atoms with E-state index in [2.05, 4.69) is 40.5 Å². The van der Waals surface area contributed by atoms with Crippen LogP contribution in [0.5, 0.6) is 5.75 Å². The number of hydrogen-bond donors (Lipinski definition) is 1. The first-order chi connectivity index (χ1) is 14.7. The first-order valence-corrected chi connectivity index (χ1v) is 11.1. The normalized spacial score (nSPS) is 14.9. The Morgan fingerprint density at radius 2 is 1.93 bits per heavy atom. The zero-order chi connectivity index (χ0) is 21.2. The fraction of sp³-hybridized carbons (Fsp3) is 0.458. The van der Waals surface area contributed by atoms with Gasteiger partial charge in [-0.3, -0.25) is 4.79 Å². The molecule has 0 spiro atoms. The molecule has 1 heterocycles. The van der Waals surface area contributed by atoms with Gasteiger partial charge in [-0.25, -0.2) is 0 Å². The Hall–Kier alpha value is -2.24. The van der Waals surface area contributed by atoms with Crippen LogP contribution in [0.3, 0.4) is 0 Å². The molecule has 2 aromatic carbocycles. The molecule has 0 aromatic heterocycles. The number of aryl methyl sites for hydroxylation is 1. The zero-order valence-electron chi connectivity index (χ0n) is 17.8. The zero-order valence-corrected chi connectivity index (χ0v) is 18.5. The standard InChI is InChI=1S/C24H32ClN3O2/c1-30-23-11-10-21(25)19-22(23)26-13-12-24(29)28-16-6-15-27(17-18-28)14-5-9-20-7-3-2-4-8-20/h2-4,7-8,10-11,19,26H,5-6,9,12-18H2,1H3. The minimum atomic E-state index is 0.203. The minimum Gasteiger partial charge on any atom is -0.495 e. The van der Waals surface area contributed by atoms with Crippen LogP contribution in [0.1, 0.15) is 24.8 Å². The molecular weight excluding hydrogens is 398 g/mol. The number of amides is 1. The summed E-state index contributed by atoms with van der Waals surface area (Å²) in [5.74, 6) is 0.933. The fourth-order valence-corrected chi connectivity index (χ4v) is 4.05. The summed E-state index contributed by atoms with van der Waals surface area (Å²) in [6.45, 7) is 5.33. The number of anilines is 1. The number of benzene rings is 2. The molecule has 1 N–H and O–H groups in total. The number of methoxy groups -OCH3 is 1. The SMILES string of the molecule is COc1ccc(Cl)cc1NCCC(=O)N1CCCN(CCCc2ccccc2)CC1. The van der Waals surface area contributed by atoms with Crippen molar-refractivity contribution in [1.82, 2.24) is 9.80 Å². The van der Waals surface area contributed by atoms with Gasteiger partial charge in [0.2, 0.25) is 5.91 Å². The topological polar surface area (TPSA) is 44.8 Å². The highest BCUT2D eigenvalue weighted by atomic mass is 35.5. The molecule has 1 fully saturated rings. The van der Waals surface area contributed by atoms with Crippen LogP contribution in [0.4, 0.5) is 5.69 Å². The summed E-state index contributed by atoms with van der Waals surface area (Å²) in [5.41, 5.74) is 2.21. The molecular formula is C24H32ClN3O2. The molecule has 0 aliphatic carbocycles. The van der Waals surface area contributed by atoms with Crippen molar-refractivity contribution in [2.45, 2.75) is 25.7 Å². The predicted octanol–water partition coefficient (Wildman–Crippen LogP) is 4.32. The molecule has 0 saturated carbocycles. The van der Waals surface area contributed by atoms with Crippen molar-refractivity contribution >= 4 is 23.2 Å². The Morgan fingerprint density at radius 3 is 2.73 bits per heavy atom. The van der Waals surface area contributed by atoms with Gasteiger partial charge in [-0.15, -0.1) is 0 Å². The van der Waals surface area contributed by atoms with Crippen LogP contribution < -0.4 is 10.1 Å². The van der Waals surface area contributed by atoms with E-state index < -0.39 is 0 Å². The summed E-state index contributed by atoms with van der Waals surface area (Å²) in [6, 6.07) is 16.1. The van der Waals surface area contributed by atoms with Crippen LogP contribution in [0.2, 0.25) is 5.02 Å². The van der Waals surface area contributed by atoms with Crippen LogP contribution in [0.25, 0.3) is 0 Å². The van der Waals surface area contributed by atoms with Gasteiger partial charge in [-0.1, -0.05) is 41.9 Å². The van der Waals surface area contributed by atoms with Crippen molar-refractivity contribution in [3.63, 3.8) is 0 Å². The van der Waals surface area contributed by atoms with Crippen molar-refractivity contribution in [3.8, 4) is 5.75 Å². The summed E-state index contributed by atoms with van der Waals surface area (Å²) in [5, 5.41) is 3.92. The number of hydrogen-bond acceptors (Lipinski definition) is 4. The first kappa shape index (κ1) is 22.4. The van der Waals surface area contributed by atoms with E-state index in [1.807, 2.05) is 17.0 Å². The Balaban J connectivity index is 1.38. The third-order valence-electron chi connectivity index (χ3n) is 5.54. The van der Waals surface area contributed by atoms with E-state index in [0.29, 0.717) is 18.0 Å². The van der Waals surface area contributed by atoms with E-state index in [9.17, 15) is 4.79 Å². The molecule has 162 valence electrons. The molecule has 30 heavy (non-hydrogen) atoms. The van der Waals surface area contributed by atoms with Crippen molar-refractivity contribution in [2.24, 2.45) is 0 Å². The van der Waals surface area contributed by atoms with Crippen LogP contribution in [-0.2, 0) is 11.2 Å². The first-order valence-electron chi connectivity index (χ1n) is 10.8. The van der Waals surface area contributed by atoms with Gasteiger partial charge >= 0.3 is 0 Å². The minimum absolute atomic E-state index is 0.203. The predicted molar refractivity (Wildman–Crippen MR) is 124 cm³/mol. The molecule has 3 rings (SSSR count). The van der Waals surface area contributed by atoms with Gasteiger partial charge in [0.15, 0.2) is 0 Å². The Bertz CT molecular complexity index is 800. The lowest BCUT2D eigenvalue weighted by Crippen LogP contribution is -2.36. The Kier molecular flexibility index (Phi) is 8.84. The molecule has 0 radical (unpaired) electrons. The largest absolute Gasteiger partial charge is 0.495 e. The average molecular weight is 430 g/mol. The molecule has 1 saturated heterocycles. The number of nitrogens with one attached hydrogen (secondary N) is 1. The second-order valence-electron chi connectivity index (χ2n) is 7.69. The number of nitrogens with zero attached hydrogens (tertiary/aromatic N) is 2. The smallest absolute Gasteiger partial charge is 0.224 e. The molecule has 0 atom stereocenters. The van der Waals surface area contributed by atoms with Gasteiger partial charge in [0.05, 0.1) is 12.8 Å². The molecule has 0 bridgehead atoms. The number of carbonyl (C=O) groups is 1. The molecule has 6 heteroatoms. The van der Waals surface area contributed by atoms with E-state index in [4.69, 9.17) is 16.3 Å². The number of rotatable bonds is 9.